The molecule has 0 bridgehead atoms. The van der Waals surface area contributed by atoms with Crippen molar-refractivity contribution in [1.29, 1.82) is 0 Å². The van der Waals surface area contributed by atoms with E-state index in [1.54, 1.807) is 0 Å². The van der Waals surface area contributed by atoms with Crippen molar-refractivity contribution in [2.24, 2.45) is 0 Å². The fourth-order valence-corrected chi connectivity index (χ4v) is 2.31. The molecule has 1 heterocycles. The third-order valence-electron chi connectivity index (χ3n) is 3.32. The second-order valence-electron chi connectivity index (χ2n) is 4.58. The highest BCUT2D eigenvalue weighted by Gasteiger charge is 2.21. The van der Waals surface area contributed by atoms with Gasteiger partial charge in [-0.1, -0.05) is 25.1 Å². The van der Waals surface area contributed by atoms with E-state index in [4.69, 9.17) is 4.74 Å². The Kier molecular flexibility index (Phi) is 4.02. The van der Waals surface area contributed by atoms with Crippen LogP contribution in [-0.4, -0.2) is 30.9 Å². The first-order valence-electron chi connectivity index (χ1n) is 6.36. The summed E-state index contributed by atoms with van der Waals surface area (Å²) in [5.41, 5.74) is 2.15. The van der Waals surface area contributed by atoms with Crippen molar-refractivity contribution in [3.63, 3.8) is 0 Å². The number of aliphatic hydroxyl groups excluding tert-OH is 1. The van der Waals surface area contributed by atoms with Crippen LogP contribution in [0, 0.1) is 0 Å². The Bertz CT molecular complexity index is 365. The molecular weight excluding hydrogens is 214 g/mol. The van der Waals surface area contributed by atoms with Crippen LogP contribution >= 0.6 is 0 Å². The third kappa shape index (κ3) is 2.79. The van der Waals surface area contributed by atoms with Crippen LogP contribution in [0.15, 0.2) is 24.3 Å². The van der Waals surface area contributed by atoms with Gasteiger partial charge in [-0.05, 0) is 19.4 Å². The summed E-state index contributed by atoms with van der Waals surface area (Å²) < 4.78 is 5.68. The maximum atomic E-state index is 9.80. The number of ether oxygens (including phenoxy) is 1. The summed E-state index contributed by atoms with van der Waals surface area (Å²) in [5, 5.41) is 9.80. The average molecular weight is 235 g/mol. The van der Waals surface area contributed by atoms with Gasteiger partial charge in [0.25, 0.3) is 0 Å². The molecule has 0 aromatic heterocycles. The van der Waals surface area contributed by atoms with Gasteiger partial charge in [0.2, 0.25) is 0 Å². The number of para-hydroxylation sites is 1. The number of rotatable bonds is 3. The summed E-state index contributed by atoms with van der Waals surface area (Å²) in [6.45, 7) is 6.55. The standard InChI is InChI=1S/C14H21NO2/c1-3-12-10-15(8-9-17-12)14-7-5-4-6-13(14)11(2)16/h4-7,11-12,16H,3,8-10H2,1-2H3/t11-,12?/m1/s1. The van der Waals surface area contributed by atoms with Crippen LogP contribution in [0.5, 0.6) is 0 Å². The van der Waals surface area contributed by atoms with E-state index in [1.807, 2.05) is 25.1 Å². The van der Waals surface area contributed by atoms with E-state index in [2.05, 4.69) is 17.9 Å². The van der Waals surface area contributed by atoms with E-state index in [0.29, 0.717) is 6.10 Å². The molecule has 1 fully saturated rings. The SMILES string of the molecule is CCC1CN(c2ccccc2[C@@H](C)O)CCO1. The van der Waals surface area contributed by atoms with Crippen molar-refractivity contribution in [1.82, 2.24) is 0 Å². The lowest BCUT2D eigenvalue weighted by Crippen LogP contribution is -2.42. The lowest BCUT2D eigenvalue weighted by Gasteiger charge is -2.35. The summed E-state index contributed by atoms with van der Waals surface area (Å²) in [6.07, 6.45) is 0.924. The number of hydrogen-bond donors (Lipinski definition) is 1. The Morgan fingerprint density at radius 1 is 1.47 bits per heavy atom. The molecule has 3 heteroatoms. The minimum Gasteiger partial charge on any atom is -0.389 e. The average Bonchev–Trinajstić information content (AvgIpc) is 2.39. The van der Waals surface area contributed by atoms with Crippen molar-refractivity contribution in [2.45, 2.75) is 32.5 Å². The molecule has 0 aliphatic carbocycles. The molecule has 1 N–H and O–H groups in total. The van der Waals surface area contributed by atoms with Crippen LogP contribution in [-0.2, 0) is 4.74 Å². The zero-order valence-electron chi connectivity index (χ0n) is 10.6. The van der Waals surface area contributed by atoms with Crippen LogP contribution < -0.4 is 4.90 Å². The van der Waals surface area contributed by atoms with E-state index in [1.165, 1.54) is 0 Å². The molecule has 94 valence electrons. The quantitative estimate of drug-likeness (QED) is 0.873. The van der Waals surface area contributed by atoms with E-state index < -0.39 is 6.10 Å². The van der Waals surface area contributed by atoms with Gasteiger partial charge in [0.1, 0.15) is 0 Å². The molecule has 1 aromatic rings. The first-order valence-corrected chi connectivity index (χ1v) is 6.36. The molecule has 1 aliphatic rings. The minimum atomic E-state index is -0.422. The lowest BCUT2D eigenvalue weighted by molar-refractivity contribution is 0.0382. The van der Waals surface area contributed by atoms with Crippen LogP contribution in [0.1, 0.15) is 31.9 Å². The Balaban J connectivity index is 2.21. The molecule has 3 nitrogen and oxygen atoms in total. The number of hydrogen-bond acceptors (Lipinski definition) is 3. The van der Waals surface area contributed by atoms with Gasteiger partial charge < -0.3 is 14.7 Å². The van der Waals surface area contributed by atoms with Gasteiger partial charge >= 0.3 is 0 Å². The van der Waals surface area contributed by atoms with Gasteiger partial charge in [-0.2, -0.15) is 0 Å². The third-order valence-corrected chi connectivity index (χ3v) is 3.32. The topological polar surface area (TPSA) is 32.7 Å². The van der Waals surface area contributed by atoms with Crippen LogP contribution in [0.25, 0.3) is 0 Å². The Morgan fingerprint density at radius 2 is 2.24 bits per heavy atom. The summed E-state index contributed by atoms with van der Waals surface area (Å²) in [4.78, 5) is 2.32. The Labute approximate surface area is 103 Å². The Hall–Kier alpha value is -1.06. The van der Waals surface area contributed by atoms with E-state index in [9.17, 15) is 5.11 Å². The summed E-state index contributed by atoms with van der Waals surface area (Å²) in [7, 11) is 0. The Morgan fingerprint density at radius 3 is 2.94 bits per heavy atom. The molecule has 0 radical (unpaired) electrons. The fraction of sp³-hybridized carbons (Fsp3) is 0.571. The van der Waals surface area contributed by atoms with Gasteiger partial charge in [-0.3, -0.25) is 0 Å². The maximum Gasteiger partial charge on any atom is 0.0781 e. The van der Waals surface area contributed by atoms with Crippen molar-refractivity contribution in [3.05, 3.63) is 29.8 Å². The summed E-state index contributed by atoms with van der Waals surface area (Å²) in [6, 6.07) is 8.08. The number of nitrogens with zero attached hydrogens (tertiary/aromatic N) is 1. The number of morpholine rings is 1. The van der Waals surface area contributed by atoms with Crippen LogP contribution in [0.4, 0.5) is 5.69 Å². The number of aliphatic hydroxyl groups is 1. The lowest BCUT2D eigenvalue weighted by atomic mass is 10.1. The van der Waals surface area contributed by atoms with Gasteiger partial charge in [0.15, 0.2) is 0 Å². The molecule has 2 atom stereocenters. The molecule has 1 aliphatic heterocycles. The molecular formula is C14H21NO2. The summed E-state index contributed by atoms with van der Waals surface area (Å²) in [5.74, 6) is 0. The maximum absolute atomic E-state index is 9.80. The van der Waals surface area contributed by atoms with Crippen molar-refractivity contribution >= 4 is 5.69 Å². The van der Waals surface area contributed by atoms with Gasteiger partial charge in [-0.25, -0.2) is 0 Å². The highest BCUT2D eigenvalue weighted by Crippen LogP contribution is 2.27. The molecule has 1 aromatic carbocycles. The molecule has 0 saturated carbocycles. The van der Waals surface area contributed by atoms with Crippen LogP contribution in [0.3, 0.4) is 0 Å². The van der Waals surface area contributed by atoms with Crippen molar-refractivity contribution in [3.8, 4) is 0 Å². The van der Waals surface area contributed by atoms with E-state index in [-0.39, 0.29) is 0 Å². The first-order chi connectivity index (χ1) is 8.22. The highest BCUT2D eigenvalue weighted by atomic mass is 16.5. The molecule has 1 saturated heterocycles. The molecule has 0 spiro atoms. The smallest absolute Gasteiger partial charge is 0.0781 e. The zero-order valence-corrected chi connectivity index (χ0v) is 10.6. The predicted octanol–water partition coefficient (Wildman–Crippen LogP) is 2.36. The molecule has 17 heavy (non-hydrogen) atoms. The van der Waals surface area contributed by atoms with Gasteiger partial charge in [0.05, 0.1) is 18.8 Å². The molecule has 1 unspecified atom stereocenters. The fourth-order valence-electron chi connectivity index (χ4n) is 2.31. The normalized spacial score (nSPS) is 22.5. The second kappa shape index (κ2) is 5.52. The van der Waals surface area contributed by atoms with E-state index >= 15 is 0 Å². The summed E-state index contributed by atoms with van der Waals surface area (Å²) >= 11 is 0. The first kappa shape index (κ1) is 12.4. The predicted molar refractivity (Wildman–Crippen MR) is 69.3 cm³/mol. The minimum absolute atomic E-state index is 0.311. The van der Waals surface area contributed by atoms with Gasteiger partial charge in [-0.15, -0.1) is 0 Å². The van der Waals surface area contributed by atoms with E-state index in [0.717, 1.165) is 37.4 Å². The largest absolute Gasteiger partial charge is 0.389 e. The van der Waals surface area contributed by atoms with Gasteiger partial charge in [0, 0.05) is 24.3 Å². The number of anilines is 1. The van der Waals surface area contributed by atoms with Crippen LogP contribution in [0.2, 0.25) is 0 Å². The van der Waals surface area contributed by atoms with Crippen molar-refractivity contribution in [2.75, 3.05) is 24.6 Å². The molecule has 2 rings (SSSR count). The second-order valence-corrected chi connectivity index (χ2v) is 4.58. The highest BCUT2D eigenvalue weighted by molar-refractivity contribution is 5.54. The number of benzene rings is 1. The monoisotopic (exact) mass is 235 g/mol. The zero-order chi connectivity index (χ0) is 12.3. The molecule has 0 amide bonds. The van der Waals surface area contributed by atoms with Crippen molar-refractivity contribution < 1.29 is 9.84 Å².